The third-order valence-electron chi connectivity index (χ3n) is 4.93. The van der Waals surface area contributed by atoms with Crippen molar-refractivity contribution in [2.24, 2.45) is 0 Å². The molecule has 1 N–H and O–H groups in total. The molecule has 142 valence electrons. The van der Waals surface area contributed by atoms with Crippen LogP contribution in [-0.2, 0) is 4.79 Å². The van der Waals surface area contributed by atoms with Gasteiger partial charge in [-0.1, -0.05) is 6.92 Å². The van der Waals surface area contributed by atoms with E-state index in [1.54, 1.807) is 18.5 Å². The number of nitrogens with zero attached hydrogens (tertiary/aromatic N) is 5. The smallest absolute Gasteiger partial charge is 0.233 e. The van der Waals surface area contributed by atoms with Crippen molar-refractivity contribution in [3.8, 4) is 23.1 Å². The fourth-order valence-corrected chi connectivity index (χ4v) is 3.39. The molecule has 1 fully saturated rings. The molecular formula is C20H20N6O2. The van der Waals surface area contributed by atoms with Gasteiger partial charge in [0.15, 0.2) is 5.65 Å². The molecule has 1 aliphatic heterocycles. The van der Waals surface area contributed by atoms with Gasteiger partial charge in [0, 0.05) is 55.9 Å². The average molecular weight is 376 g/mol. The lowest BCUT2D eigenvalue weighted by molar-refractivity contribution is -0.132. The zero-order chi connectivity index (χ0) is 19.5. The monoisotopic (exact) mass is 376 g/mol. The summed E-state index contributed by atoms with van der Waals surface area (Å²) < 4.78 is 6.04. The van der Waals surface area contributed by atoms with Crippen LogP contribution in [0.25, 0.3) is 22.3 Å². The lowest BCUT2D eigenvalue weighted by atomic mass is 10.1. The molecule has 0 aliphatic carbocycles. The van der Waals surface area contributed by atoms with Crippen molar-refractivity contribution >= 4 is 17.1 Å². The highest BCUT2D eigenvalue weighted by Gasteiger charge is 2.23. The van der Waals surface area contributed by atoms with Gasteiger partial charge in [-0.15, -0.1) is 0 Å². The fraction of sp³-hybridized carbons (Fsp3) is 0.350. The summed E-state index contributed by atoms with van der Waals surface area (Å²) in [6.07, 6.45) is 7.21. The lowest BCUT2D eigenvalue weighted by Crippen LogP contribution is -2.41. The van der Waals surface area contributed by atoms with Crippen molar-refractivity contribution in [2.75, 3.05) is 13.1 Å². The number of rotatable bonds is 4. The minimum absolute atomic E-state index is 0.0200. The van der Waals surface area contributed by atoms with Crippen LogP contribution in [0.5, 0.6) is 5.88 Å². The maximum atomic E-state index is 11.8. The number of pyridine rings is 1. The Morgan fingerprint density at radius 1 is 1.32 bits per heavy atom. The van der Waals surface area contributed by atoms with Gasteiger partial charge < -0.3 is 14.6 Å². The van der Waals surface area contributed by atoms with E-state index in [1.807, 2.05) is 30.2 Å². The Hall–Kier alpha value is -3.47. The number of amides is 1. The molecule has 4 heterocycles. The number of H-pyrrole nitrogens is 1. The van der Waals surface area contributed by atoms with Crippen molar-refractivity contribution < 1.29 is 9.53 Å². The van der Waals surface area contributed by atoms with Crippen molar-refractivity contribution in [2.45, 2.75) is 32.3 Å². The Morgan fingerprint density at radius 2 is 2.14 bits per heavy atom. The highest BCUT2D eigenvalue weighted by atomic mass is 16.5. The number of carbonyl (C=O) groups excluding carboxylic acids is 1. The van der Waals surface area contributed by atoms with Crippen molar-refractivity contribution in [1.29, 1.82) is 5.26 Å². The molecule has 0 radical (unpaired) electrons. The number of aromatic amines is 1. The topological polar surface area (TPSA) is 108 Å². The molecule has 28 heavy (non-hydrogen) atoms. The normalized spacial score (nSPS) is 14.8. The maximum absolute atomic E-state index is 11.8. The van der Waals surface area contributed by atoms with E-state index in [2.05, 4.69) is 19.9 Å². The van der Waals surface area contributed by atoms with E-state index in [9.17, 15) is 4.79 Å². The summed E-state index contributed by atoms with van der Waals surface area (Å²) in [5, 5.41) is 8.90. The van der Waals surface area contributed by atoms with E-state index in [0.29, 0.717) is 42.2 Å². The van der Waals surface area contributed by atoms with E-state index < -0.39 is 0 Å². The van der Waals surface area contributed by atoms with Crippen LogP contribution in [0.15, 0.2) is 30.7 Å². The number of nitrogens with one attached hydrogen (secondary N) is 1. The molecule has 1 aliphatic rings. The third-order valence-corrected chi connectivity index (χ3v) is 4.93. The molecule has 1 amide bonds. The molecular weight excluding hydrogens is 356 g/mol. The average Bonchev–Trinajstić information content (AvgIpc) is 3.17. The Kier molecular flexibility index (Phi) is 4.89. The summed E-state index contributed by atoms with van der Waals surface area (Å²) in [5.74, 6) is 0.655. The predicted molar refractivity (Wildman–Crippen MR) is 102 cm³/mol. The minimum Gasteiger partial charge on any atom is -0.473 e. The van der Waals surface area contributed by atoms with Crippen LogP contribution in [0.4, 0.5) is 0 Å². The predicted octanol–water partition coefficient (Wildman–Crippen LogP) is 2.67. The van der Waals surface area contributed by atoms with Gasteiger partial charge in [-0.05, 0) is 12.1 Å². The summed E-state index contributed by atoms with van der Waals surface area (Å²) in [5.41, 5.74) is 3.43. The fourth-order valence-electron chi connectivity index (χ4n) is 3.39. The number of hydrogen-bond acceptors (Lipinski definition) is 6. The van der Waals surface area contributed by atoms with Crippen LogP contribution in [0.3, 0.4) is 0 Å². The van der Waals surface area contributed by atoms with Gasteiger partial charge >= 0.3 is 0 Å². The van der Waals surface area contributed by atoms with Crippen molar-refractivity contribution in [3.63, 3.8) is 0 Å². The first kappa shape index (κ1) is 17.9. The Balaban J connectivity index is 1.52. The van der Waals surface area contributed by atoms with E-state index in [-0.39, 0.29) is 12.0 Å². The first-order valence-corrected chi connectivity index (χ1v) is 9.33. The summed E-state index contributed by atoms with van der Waals surface area (Å²) in [6.45, 7) is 3.30. The number of aromatic nitrogens is 4. The van der Waals surface area contributed by atoms with Gasteiger partial charge in [0.05, 0.1) is 6.20 Å². The summed E-state index contributed by atoms with van der Waals surface area (Å²) >= 11 is 0. The quantitative estimate of drug-likeness (QED) is 0.750. The van der Waals surface area contributed by atoms with E-state index in [4.69, 9.17) is 10.00 Å². The van der Waals surface area contributed by atoms with Gasteiger partial charge in [-0.3, -0.25) is 4.79 Å². The largest absolute Gasteiger partial charge is 0.473 e. The van der Waals surface area contributed by atoms with Crippen molar-refractivity contribution in [1.82, 2.24) is 24.8 Å². The minimum atomic E-state index is 0.0200. The standard InChI is InChI=1S/C20H20N6O2/c1-2-18(27)26-7-5-15(6-8-26)28-17-12-24-20-19(25-17)16(11-23-20)13-3-4-14(9-21)22-10-13/h3-4,10-12,15H,2,5-8H2,1H3,(H,23,24). The van der Waals surface area contributed by atoms with Crippen molar-refractivity contribution in [3.05, 3.63) is 36.4 Å². The number of likely N-dealkylation sites (tertiary alicyclic amines) is 1. The molecule has 1 saturated heterocycles. The number of nitriles is 1. The number of ether oxygens (including phenoxy) is 1. The number of carbonyl (C=O) groups is 1. The molecule has 0 spiro atoms. The van der Waals surface area contributed by atoms with Crippen LogP contribution in [0.2, 0.25) is 0 Å². The highest BCUT2D eigenvalue weighted by Crippen LogP contribution is 2.28. The van der Waals surface area contributed by atoms with E-state index >= 15 is 0 Å². The third kappa shape index (κ3) is 3.51. The van der Waals surface area contributed by atoms with Gasteiger partial charge in [0.1, 0.15) is 23.4 Å². The number of fused-ring (bicyclic) bond motifs is 1. The zero-order valence-electron chi connectivity index (χ0n) is 15.6. The van der Waals surface area contributed by atoms with Crippen LogP contribution in [0.1, 0.15) is 31.9 Å². The maximum Gasteiger partial charge on any atom is 0.233 e. The molecule has 8 heteroatoms. The first-order chi connectivity index (χ1) is 13.7. The molecule has 4 rings (SSSR count). The lowest BCUT2D eigenvalue weighted by Gasteiger charge is -2.31. The van der Waals surface area contributed by atoms with Crippen LogP contribution in [-0.4, -0.2) is 49.9 Å². The highest BCUT2D eigenvalue weighted by molar-refractivity contribution is 5.90. The summed E-state index contributed by atoms with van der Waals surface area (Å²) in [4.78, 5) is 29.9. The second kappa shape index (κ2) is 7.64. The molecule has 3 aromatic rings. The molecule has 0 saturated carbocycles. The Labute approximate surface area is 162 Å². The summed E-state index contributed by atoms with van der Waals surface area (Å²) in [7, 11) is 0. The van der Waals surface area contributed by atoms with Crippen LogP contribution in [0, 0.1) is 11.3 Å². The Morgan fingerprint density at radius 3 is 2.82 bits per heavy atom. The SMILES string of the molecule is CCC(=O)N1CCC(Oc2cnc3[nH]cc(-c4ccc(C#N)nc4)c3n2)CC1. The second-order valence-electron chi connectivity index (χ2n) is 6.70. The van der Waals surface area contributed by atoms with Crippen LogP contribution < -0.4 is 4.74 Å². The second-order valence-corrected chi connectivity index (χ2v) is 6.70. The Bertz CT molecular complexity index is 1030. The molecule has 3 aromatic heterocycles. The number of piperidine rings is 1. The van der Waals surface area contributed by atoms with Crippen LogP contribution >= 0.6 is 0 Å². The molecule has 0 unspecified atom stereocenters. The van der Waals surface area contributed by atoms with Gasteiger partial charge in [-0.25, -0.2) is 15.0 Å². The van der Waals surface area contributed by atoms with E-state index in [1.165, 1.54) is 0 Å². The summed E-state index contributed by atoms with van der Waals surface area (Å²) in [6, 6.07) is 5.52. The van der Waals surface area contributed by atoms with Gasteiger partial charge in [-0.2, -0.15) is 5.26 Å². The number of hydrogen-bond donors (Lipinski definition) is 1. The van der Waals surface area contributed by atoms with Gasteiger partial charge in [0.25, 0.3) is 0 Å². The van der Waals surface area contributed by atoms with Gasteiger partial charge in [0.2, 0.25) is 11.8 Å². The first-order valence-electron chi connectivity index (χ1n) is 9.33. The van der Waals surface area contributed by atoms with E-state index in [0.717, 1.165) is 24.0 Å². The molecule has 0 atom stereocenters. The molecule has 8 nitrogen and oxygen atoms in total. The molecule has 0 aromatic carbocycles. The zero-order valence-corrected chi connectivity index (χ0v) is 15.6. The molecule has 0 bridgehead atoms.